The topological polar surface area (TPSA) is 47.3 Å². The number of aryl methyl sites for hydroxylation is 1. The molecule has 104 valence electrons. The van der Waals surface area contributed by atoms with Crippen LogP contribution in [0.3, 0.4) is 0 Å². The number of para-hydroxylation sites is 2. The van der Waals surface area contributed by atoms with Gasteiger partial charge in [0, 0.05) is 11.1 Å². The molecule has 3 aromatic rings. The van der Waals surface area contributed by atoms with E-state index in [1.54, 1.807) is 0 Å². The highest BCUT2D eigenvalue weighted by molar-refractivity contribution is 6.07. The maximum atomic E-state index is 6.38. The number of nitrogens with two attached hydrogens (primary N) is 1. The Kier molecular flexibility index (Phi) is 2.54. The van der Waals surface area contributed by atoms with Crippen LogP contribution < -0.4 is 15.8 Å². The fourth-order valence-electron chi connectivity index (χ4n) is 2.90. The summed E-state index contributed by atoms with van der Waals surface area (Å²) in [5, 5.41) is 5.64. The number of nitrogens with one attached hydrogen (secondary N) is 1. The Balaban J connectivity index is 2.00. The standard InChI is InChI=1S/C18H16N2O/c1-2-11-7-8-12-9-10-15-18(16(12)17(11)19)20-13-5-3-4-6-14(13)21-15/h3-10,20H,2,19H2,1H3. The van der Waals surface area contributed by atoms with Crippen molar-refractivity contribution in [3.63, 3.8) is 0 Å². The summed E-state index contributed by atoms with van der Waals surface area (Å²) in [5.41, 5.74) is 10.3. The van der Waals surface area contributed by atoms with E-state index in [1.165, 1.54) is 0 Å². The van der Waals surface area contributed by atoms with E-state index in [-0.39, 0.29) is 0 Å². The van der Waals surface area contributed by atoms with Crippen LogP contribution in [0.5, 0.6) is 11.5 Å². The van der Waals surface area contributed by atoms with Gasteiger partial charge >= 0.3 is 0 Å². The first-order chi connectivity index (χ1) is 10.3. The van der Waals surface area contributed by atoms with Crippen molar-refractivity contribution in [1.29, 1.82) is 0 Å². The summed E-state index contributed by atoms with van der Waals surface area (Å²) in [7, 11) is 0. The molecule has 0 saturated heterocycles. The Labute approximate surface area is 123 Å². The van der Waals surface area contributed by atoms with Crippen LogP contribution in [0.4, 0.5) is 17.1 Å². The van der Waals surface area contributed by atoms with Crippen molar-refractivity contribution in [2.24, 2.45) is 0 Å². The van der Waals surface area contributed by atoms with Gasteiger partial charge in [-0.15, -0.1) is 0 Å². The molecule has 0 aliphatic carbocycles. The summed E-state index contributed by atoms with van der Waals surface area (Å²) in [4.78, 5) is 0. The number of rotatable bonds is 1. The summed E-state index contributed by atoms with van der Waals surface area (Å²) in [6, 6.07) is 16.2. The van der Waals surface area contributed by atoms with Crippen LogP contribution in [-0.4, -0.2) is 0 Å². The van der Waals surface area contributed by atoms with Crippen LogP contribution in [0.2, 0.25) is 0 Å². The van der Waals surface area contributed by atoms with E-state index in [0.717, 1.165) is 51.3 Å². The molecule has 1 aliphatic heterocycles. The van der Waals surface area contributed by atoms with Gasteiger partial charge in [0.1, 0.15) is 0 Å². The van der Waals surface area contributed by atoms with Crippen LogP contribution in [0.1, 0.15) is 12.5 Å². The first-order valence-electron chi connectivity index (χ1n) is 7.16. The first kappa shape index (κ1) is 12.1. The quantitative estimate of drug-likeness (QED) is 0.489. The highest BCUT2D eigenvalue weighted by Crippen LogP contribution is 2.47. The maximum Gasteiger partial charge on any atom is 0.151 e. The minimum atomic E-state index is 0.821. The second-order valence-electron chi connectivity index (χ2n) is 5.25. The van der Waals surface area contributed by atoms with E-state index in [9.17, 15) is 0 Å². The minimum absolute atomic E-state index is 0.821. The monoisotopic (exact) mass is 276 g/mol. The van der Waals surface area contributed by atoms with Crippen LogP contribution in [0.15, 0.2) is 48.5 Å². The number of fused-ring (bicyclic) bond motifs is 4. The fraction of sp³-hybridized carbons (Fsp3) is 0.111. The molecule has 0 unspecified atom stereocenters. The largest absolute Gasteiger partial charge is 0.453 e. The number of anilines is 3. The van der Waals surface area contributed by atoms with E-state index in [0.29, 0.717) is 0 Å². The second kappa shape index (κ2) is 4.42. The lowest BCUT2D eigenvalue weighted by atomic mass is 10.00. The number of ether oxygens (including phenoxy) is 1. The van der Waals surface area contributed by atoms with Crippen LogP contribution in [0.25, 0.3) is 10.8 Å². The molecule has 0 fully saturated rings. The van der Waals surface area contributed by atoms with E-state index in [2.05, 4.69) is 30.4 Å². The lowest BCUT2D eigenvalue weighted by molar-refractivity contribution is 0.482. The maximum absolute atomic E-state index is 6.38. The Hall–Kier alpha value is -2.68. The third-order valence-corrected chi connectivity index (χ3v) is 4.03. The van der Waals surface area contributed by atoms with Gasteiger partial charge in [0.2, 0.25) is 0 Å². The van der Waals surface area contributed by atoms with Gasteiger partial charge in [-0.3, -0.25) is 0 Å². The minimum Gasteiger partial charge on any atom is -0.453 e. The number of nitrogen functional groups attached to an aromatic ring is 1. The molecule has 3 heteroatoms. The molecule has 0 radical (unpaired) electrons. The van der Waals surface area contributed by atoms with E-state index in [1.807, 2.05) is 30.3 Å². The highest BCUT2D eigenvalue weighted by atomic mass is 16.5. The summed E-state index contributed by atoms with van der Waals surface area (Å²) in [5.74, 6) is 1.66. The van der Waals surface area contributed by atoms with E-state index >= 15 is 0 Å². The molecule has 1 heterocycles. The molecule has 3 N–H and O–H groups in total. The zero-order valence-corrected chi connectivity index (χ0v) is 11.8. The second-order valence-corrected chi connectivity index (χ2v) is 5.25. The van der Waals surface area contributed by atoms with Gasteiger partial charge in [0.05, 0.1) is 11.4 Å². The van der Waals surface area contributed by atoms with E-state index in [4.69, 9.17) is 10.5 Å². The molecular weight excluding hydrogens is 260 g/mol. The van der Waals surface area contributed by atoms with Crippen molar-refractivity contribution < 1.29 is 4.74 Å². The lowest BCUT2D eigenvalue weighted by Gasteiger charge is -2.24. The average Bonchev–Trinajstić information content (AvgIpc) is 2.53. The van der Waals surface area contributed by atoms with Gasteiger partial charge in [-0.05, 0) is 35.6 Å². The van der Waals surface area contributed by atoms with Crippen molar-refractivity contribution >= 4 is 27.8 Å². The predicted molar refractivity (Wildman–Crippen MR) is 87.5 cm³/mol. The molecule has 0 amide bonds. The summed E-state index contributed by atoms with van der Waals surface area (Å²) >= 11 is 0. The van der Waals surface area contributed by atoms with Gasteiger partial charge in [-0.1, -0.05) is 37.3 Å². The SMILES string of the molecule is CCc1ccc2ccc3c(c2c1N)Nc1ccccc1O3. The zero-order chi connectivity index (χ0) is 14.4. The molecule has 0 bridgehead atoms. The molecular formula is C18H16N2O. The summed E-state index contributed by atoms with van der Waals surface area (Å²) in [6.45, 7) is 2.12. The molecule has 0 atom stereocenters. The third kappa shape index (κ3) is 1.74. The van der Waals surface area contributed by atoms with Crippen molar-refractivity contribution in [3.8, 4) is 11.5 Å². The first-order valence-corrected chi connectivity index (χ1v) is 7.16. The number of hydrogen-bond acceptors (Lipinski definition) is 3. The van der Waals surface area contributed by atoms with Gasteiger partial charge in [-0.25, -0.2) is 0 Å². The molecule has 3 nitrogen and oxygen atoms in total. The van der Waals surface area contributed by atoms with Gasteiger partial charge < -0.3 is 15.8 Å². The van der Waals surface area contributed by atoms with Crippen molar-refractivity contribution in [2.75, 3.05) is 11.1 Å². The normalized spacial score (nSPS) is 12.2. The smallest absolute Gasteiger partial charge is 0.151 e. The molecule has 0 spiro atoms. The Morgan fingerprint density at radius 3 is 2.67 bits per heavy atom. The Morgan fingerprint density at radius 1 is 1.00 bits per heavy atom. The zero-order valence-electron chi connectivity index (χ0n) is 11.8. The van der Waals surface area contributed by atoms with Gasteiger partial charge in [-0.2, -0.15) is 0 Å². The van der Waals surface area contributed by atoms with Crippen molar-refractivity contribution in [3.05, 3.63) is 54.1 Å². The fourth-order valence-corrected chi connectivity index (χ4v) is 2.90. The molecule has 0 aromatic heterocycles. The molecule has 21 heavy (non-hydrogen) atoms. The Morgan fingerprint density at radius 2 is 1.81 bits per heavy atom. The van der Waals surface area contributed by atoms with Gasteiger partial charge in [0.15, 0.2) is 11.5 Å². The predicted octanol–water partition coefficient (Wildman–Crippen LogP) is 4.83. The Bertz CT molecular complexity index is 855. The molecule has 3 aromatic carbocycles. The number of hydrogen-bond donors (Lipinski definition) is 2. The van der Waals surface area contributed by atoms with E-state index < -0.39 is 0 Å². The number of benzene rings is 3. The highest BCUT2D eigenvalue weighted by Gasteiger charge is 2.20. The van der Waals surface area contributed by atoms with Crippen LogP contribution in [-0.2, 0) is 6.42 Å². The summed E-state index contributed by atoms with van der Waals surface area (Å²) in [6.07, 6.45) is 0.920. The molecule has 0 saturated carbocycles. The van der Waals surface area contributed by atoms with Crippen LogP contribution >= 0.6 is 0 Å². The van der Waals surface area contributed by atoms with Crippen molar-refractivity contribution in [2.45, 2.75) is 13.3 Å². The van der Waals surface area contributed by atoms with Gasteiger partial charge in [0.25, 0.3) is 0 Å². The molecule has 4 rings (SSSR count). The van der Waals surface area contributed by atoms with Crippen LogP contribution in [0, 0.1) is 0 Å². The third-order valence-electron chi connectivity index (χ3n) is 4.03. The average molecular weight is 276 g/mol. The molecule has 1 aliphatic rings. The lowest BCUT2D eigenvalue weighted by Crippen LogP contribution is -2.05. The van der Waals surface area contributed by atoms with Crippen molar-refractivity contribution in [1.82, 2.24) is 0 Å². The summed E-state index contributed by atoms with van der Waals surface area (Å²) < 4.78 is 6.00.